The maximum absolute atomic E-state index is 14.3. The van der Waals surface area contributed by atoms with Crippen molar-refractivity contribution in [2.24, 2.45) is 0 Å². The summed E-state index contributed by atoms with van der Waals surface area (Å²) in [7, 11) is 0. The van der Waals surface area contributed by atoms with E-state index in [1.807, 2.05) is 12.1 Å². The van der Waals surface area contributed by atoms with Gasteiger partial charge in [0.2, 0.25) is 11.8 Å². The monoisotopic (exact) mass is 346 g/mol. The minimum atomic E-state index is -0.520. The van der Waals surface area contributed by atoms with Crippen molar-refractivity contribution >= 4 is 23.4 Å². The lowest BCUT2D eigenvalue weighted by Crippen LogP contribution is -2.41. The number of carbonyl (C=O) groups is 2. The Balaban J connectivity index is 1.65. The third kappa shape index (κ3) is 3.74. The number of carbonyl (C=O) groups excluding carboxylic acids is 2. The summed E-state index contributed by atoms with van der Waals surface area (Å²) in [6.07, 6.45) is 0.824. The molecule has 24 heavy (non-hydrogen) atoms. The van der Waals surface area contributed by atoms with Crippen LogP contribution < -0.4 is 10.6 Å². The van der Waals surface area contributed by atoms with Gasteiger partial charge in [0.25, 0.3) is 0 Å². The van der Waals surface area contributed by atoms with Crippen molar-refractivity contribution in [3.8, 4) is 11.1 Å². The topological polar surface area (TPSA) is 58.2 Å². The van der Waals surface area contributed by atoms with E-state index in [4.69, 9.17) is 11.6 Å². The standard InChI is InChI=1S/C18H16ClFN2O2/c19-14-5-3-11(4-6-14)12-1-2-13(15(20)9-12)10-21-18(24)16-7-8-17(23)22-16/h1-6,9,16H,7-8,10H2,(H,21,24)(H,22,23). The van der Waals surface area contributed by atoms with E-state index >= 15 is 0 Å². The van der Waals surface area contributed by atoms with Crippen LogP contribution in [0.25, 0.3) is 11.1 Å². The van der Waals surface area contributed by atoms with Gasteiger partial charge >= 0.3 is 0 Å². The van der Waals surface area contributed by atoms with Crippen molar-refractivity contribution in [1.82, 2.24) is 10.6 Å². The van der Waals surface area contributed by atoms with E-state index in [1.165, 1.54) is 6.07 Å². The molecule has 0 spiro atoms. The number of hydrogen-bond donors (Lipinski definition) is 2. The molecular formula is C18H16ClFN2O2. The number of nitrogens with one attached hydrogen (secondary N) is 2. The maximum Gasteiger partial charge on any atom is 0.242 e. The van der Waals surface area contributed by atoms with Crippen LogP contribution in [0.1, 0.15) is 18.4 Å². The summed E-state index contributed by atoms with van der Waals surface area (Å²) in [5.41, 5.74) is 2.00. The van der Waals surface area contributed by atoms with Crippen molar-refractivity contribution in [3.63, 3.8) is 0 Å². The molecule has 0 saturated carbocycles. The molecule has 1 aliphatic rings. The zero-order chi connectivity index (χ0) is 17.1. The summed E-state index contributed by atoms with van der Waals surface area (Å²) in [4.78, 5) is 23.1. The van der Waals surface area contributed by atoms with E-state index in [0.717, 1.165) is 11.1 Å². The van der Waals surface area contributed by atoms with E-state index in [1.54, 1.807) is 24.3 Å². The number of benzene rings is 2. The Morgan fingerprint density at radius 3 is 2.54 bits per heavy atom. The highest BCUT2D eigenvalue weighted by atomic mass is 35.5. The predicted molar refractivity (Wildman–Crippen MR) is 89.9 cm³/mol. The molecule has 1 saturated heterocycles. The average molecular weight is 347 g/mol. The Labute approximate surface area is 144 Å². The summed E-state index contributed by atoms with van der Waals surface area (Å²) >= 11 is 5.85. The Morgan fingerprint density at radius 2 is 1.92 bits per heavy atom. The molecule has 2 aromatic rings. The first-order chi connectivity index (χ1) is 11.5. The summed E-state index contributed by atoms with van der Waals surface area (Å²) in [6, 6.07) is 11.5. The van der Waals surface area contributed by atoms with E-state index in [-0.39, 0.29) is 18.4 Å². The van der Waals surface area contributed by atoms with Crippen molar-refractivity contribution in [2.75, 3.05) is 0 Å². The van der Waals surface area contributed by atoms with Crippen LogP contribution in [0, 0.1) is 5.82 Å². The van der Waals surface area contributed by atoms with Gasteiger partial charge in [0.1, 0.15) is 11.9 Å². The van der Waals surface area contributed by atoms with Gasteiger partial charge in [-0.1, -0.05) is 35.9 Å². The van der Waals surface area contributed by atoms with Crippen LogP contribution in [0.2, 0.25) is 5.02 Å². The van der Waals surface area contributed by atoms with Crippen molar-refractivity contribution in [3.05, 3.63) is 58.9 Å². The third-order valence-electron chi connectivity index (χ3n) is 4.00. The predicted octanol–water partition coefficient (Wildman–Crippen LogP) is 3.04. The molecule has 1 heterocycles. The second kappa shape index (κ2) is 7.01. The van der Waals surface area contributed by atoms with Crippen LogP contribution in [-0.4, -0.2) is 17.9 Å². The van der Waals surface area contributed by atoms with E-state index in [9.17, 15) is 14.0 Å². The molecule has 0 radical (unpaired) electrons. The molecule has 2 N–H and O–H groups in total. The fourth-order valence-electron chi connectivity index (χ4n) is 2.63. The van der Waals surface area contributed by atoms with Gasteiger partial charge in [-0.3, -0.25) is 9.59 Å². The zero-order valence-corrected chi connectivity index (χ0v) is 13.6. The summed E-state index contributed by atoms with van der Waals surface area (Å²) in [6.45, 7) is 0.0813. The molecular weight excluding hydrogens is 331 g/mol. The summed E-state index contributed by atoms with van der Waals surface area (Å²) in [5, 5.41) is 5.86. The Kier molecular flexibility index (Phi) is 4.81. The second-order valence-electron chi connectivity index (χ2n) is 5.69. The molecule has 0 aliphatic carbocycles. The van der Waals surface area contributed by atoms with Crippen molar-refractivity contribution < 1.29 is 14.0 Å². The Hall–Kier alpha value is -2.40. The van der Waals surface area contributed by atoms with Crippen molar-refractivity contribution in [2.45, 2.75) is 25.4 Å². The number of rotatable bonds is 4. The highest BCUT2D eigenvalue weighted by Gasteiger charge is 2.26. The maximum atomic E-state index is 14.3. The van der Waals surface area contributed by atoms with Gasteiger partial charge in [-0.25, -0.2) is 4.39 Å². The van der Waals surface area contributed by atoms with Gasteiger partial charge in [0, 0.05) is 23.6 Å². The lowest BCUT2D eigenvalue weighted by Gasteiger charge is -2.12. The molecule has 3 rings (SSSR count). The van der Waals surface area contributed by atoms with Crippen LogP contribution in [-0.2, 0) is 16.1 Å². The largest absolute Gasteiger partial charge is 0.350 e. The van der Waals surface area contributed by atoms with E-state index in [0.29, 0.717) is 23.4 Å². The smallest absolute Gasteiger partial charge is 0.242 e. The fraction of sp³-hybridized carbons (Fsp3) is 0.222. The molecule has 1 fully saturated rings. The zero-order valence-electron chi connectivity index (χ0n) is 12.8. The summed E-state index contributed by atoms with van der Waals surface area (Å²) < 4.78 is 14.3. The molecule has 1 aliphatic heterocycles. The fourth-order valence-corrected chi connectivity index (χ4v) is 2.75. The Morgan fingerprint density at radius 1 is 1.21 bits per heavy atom. The highest BCUT2D eigenvalue weighted by molar-refractivity contribution is 6.30. The average Bonchev–Trinajstić information content (AvgIpc) is 3.01. The molecule has 2 aromatic carbocycles. The van der Waals surface area contributed by atoms with E-state index < -0.39 is 11.9 Å². The molecule has 6 heteroatoms. The summed E-state index contributed by atoms with van der Waals surface area (Å²) in [5.74, 6) is -0.811. The normalized spacial score (nSPS) is 16.8. The first kappa shape index (κ1) is 16.5. The number of halogens is 2. The number of hydrogen-bond acceptors (Lipinski definition) is 2. The van der Waals surface area contributed by atoms with Crippen LogP contribution in [0.4, 0.5) is 4.39 Å². The van der Waals surface area contributed by atoms with E-state index in [2.05, 4.69) is 10.6 Å². The Bertz CT molecular complexity index is 777. The van der Waals surface area contributed by atoms with Crippen LogP contribution in [0.15, 0.2) is 42.5 Å². The van der Waals surface area contributed by atoms with Crippen LogP contribution in [0.3, 0.4) is 0 Å². The van der Waals surface area contributed by atoms with Gasteiger partial charge in [-0.15, -0.1) is 0 Å². The third-order valence-corrected chi connectivity index (χ3v) is 4.25. The second-order valence-corrected chi connectivity index (χ2v) is 6.13. The molecule has 1 unspecified atom stereocenters. The number of amides is 2. The molecule has 0 aromatic heterocycles. The lowest BCUT2D eigenvalue weighted by molar-refractivity contribution is -0.125. The lowest BCUT2D eigenvalue weighted by atomic mass is 10.0. The molecule has 4 nitrogen and oxygen atoms in total. The quantitative estimate of drug-likeness (QED) is 0.894. The molecule has 124 valence electrons. The van der Waals surface area contributed by atoms with Gasteiger partial charge < -0.3 is 10.6 Å². The van der Waals surface area contributed by atoms with Gasteiger partial charge in [-0.05, 0) is 35.7 Å². The van der Waals surface area contributed by atoms with Gasteiger partial charge in [0.15, 0.2) is 0 Å². The van der Waals surface area contributed by atoms with Crippen LogP contribution >= 0.6 is 11.6 Å². The SMILES string of the molecule is O=C1CCC(C(=O)NCc2ccc(-c3ccc(Cl)cc3)cc2F)N1. The molecule has 2 amide bonds. The van der Waals surface area contributed by atoms with Gasteiger partial charge in [0.05, 0.1) is 0 Å². The molecule has 0 bridgehead atoms. The first-order valence-corrected chi connectivity index (χ1v) is 8.02. The van der Waals surface area contributed by atoms with Crippen molar-refractivity contribution in [1.29, 1.82) is 0 Å². The molecule has 1 atom stereocenters. The highest BCUT2D eigenvalue weighted by Crippen LogP contribution is 2.23. The minimum absolute atomic E-state index is 0.0813. The van der Waals surface area contributed by atoms with Crippen LogP contribution in [0.5, 0.6) is 0 Å². The first-order valence-electron chi connectivity index (χ1n) is 7.64. The van der Waals surface area contributed by atoms with Gasteiger partial charge in [-0.2, -0.15) is 0 Å². The minimum Gasteiger partial charge on any atom is -0.350 e.